The number of carboxylic acids is 1. The van der Waals surface area contributed by atoms with Crippen LogP contribution in [-0.2, 0) is 14.3 Å². The van der Waals surface area contributed by atoms with E-state index in [1.54, 1.807) is 0 Å². The molecule has 86 valence electrons. The number of carbonyl (C=O) groups excluding carboxylic acids is 1. The van der Waals surface area contributed by atoms with Crippen molar-refractivity contribution in [2.45, 2.75) is 19.3 Å². The maximum atomic E-state index is 11.3. The highest BCUT2D eigenvalue weighted by atomic mass is 16.5. The molecule has 0 saturated heterocycles. The Bertz CT molecular complexity index is 250. The van der Waals surface area contributed by atoms with Gasteiger partial charge in [-0.05, 0) is 25.2 Å². The third kappa shape index (κ3) is 2.68. The minimum Gasteiger partial charge on any atom is -0.481 e. The van der Waals surface area contributed by atoms with Crippen molar-refractivity contribution >= 4 is 11.9 Å². The molecule has 1 aliphatic rings. The van der Waals surface area contributed by atoms with E-state index >= 15 is 0 Å². The van der Waals surface area contributed by atoms with Crippen molar-refractivity contribution in [1.82, 2.24) is 0 Å². The van der Waals surface area contributed by atoms with Crippen LogP contribution in [0.15, 0.2) is 0 Å². The van der Waals surface area contributed by atoms with Gasteiger partial charge in [-0.15, -0.1) is 0 Å². The van der Waals surface area contributed by atoms with E-state index in [0.29, 0.717) is 19.3 Å². The Labute approximate surface area is 88.0 Å². The molecular formula is C10H16O5. The zero-order valence-corrected chi connectivity index (χ0v) is 8.68. The number of hydrogen-bond donors (Lipinski definition) is 2. The Morgan fingerprint density at radius 2 is 2.07 bits per heavy atom. The molecular weight excluding hydrogens is 200 g/mol. The summed E-state index contributed by atoms with van der Waals surface area (Å²) in [5.74, 6) is -2.28. The van der Waals surface area contributed by atoms with Gasteiger partial charge < -0.3 is 14.9 Å². The number of carboxylic acid groups (broad SMARTS) is 1. The quantitative estimate of drug-likeness (QED) is 0.661. The van der Waals surface area contributed by atoms with E-state index in [0.717, 1.165) is 0 Å². The lowest BCUT2D eigenvalue weighted by molar-refractivity contribution is -0.154. The normalized spacial score (nSPS) is 30.9. The van der Waals surface area contributed by atoms with Gasteiger partial charge in [0.1, 0.15) is 0 Å². The molecule has 1 rings (SSSR count). The maximum absolute atomic E-state index is 11.3. The van der Waals surface area contributed by atoms with E-state index in [1.807, 2.05) is 0 Å². The highest BCUT2D eigenvalue weighted by Gasteiger charge is 2.37. The van der Waals surface area contributed by atoms with Crippen molar-refractivity contribution in [3.8, 4) is 0 Å². The number of carbonyl (C=O) groups is 2. The number of ether oxygens (including phenoxy) is 1. The highest BCUT2D eigenvalue weighted by molar-refractivity contribution is 5.74. The molecule has 15 heavy (non-hydrogen) atoms. The van der Waals surface area contributed by atoms with Gasteiger partial charge in [0.2, 0.25) is 0 Å². The molecule has 0 amide bonds. The van der Waals surface area contributed by atoms with Crippen LogP contribution >= 0.6 is 0 Å². The Hall–Kier alpha value is -1.10. The minimum absolute atomic E-state index is 0.163. The van der Waals surface area contributed by atoms with Gasteiger partial charge in [-0.2, -0.15) is 0 Å². The Balaban J connectivity index is 2.64. The van der Waals surface area contributed by atoms with Crippen molar-refractivity contribution in [2.75, 3.05) is 13.7 Å². The molecule has 3 atom stereocenters. The third-order valence-corrected chi connectivity index (χ3v) is 3.07. The molecule has 0 aliphatic heterocycles. The maximum Gasteiger partial charge on any atom is 0.309 e. The van der Waals surface area contributed by atoms with Crippen LogP contribution in [-0.4, -0.2) is 35.9 Å². The SMILES string of the molecule is COC(=O)C1CCC(C(=O)O)CC1CO. The van der Waals surface area contributed by atoms with Gasteiger partial charge in [0.25, 0.3) is 0 Å². The minimum atomic E-state index is -0.850. The number of methoxy groups -OCH3 is 1. The van der Waals surface area contributed by atoms with Crippen LogP contribution in [0.5, 0.6) is 0 Å². The molecule has 0 radical (unpaired) electrons. The summed E-state index contributed by atoms with van der Waals surface area (Å²) in [5, 5.41) is 17.9. The number of aliphatic carboxylic acids is 1. The van der Waals surface area contributed by atoms with E-state index < -0.39 is 11.9 Å². The molecule has 5 heteroatoms. The van der Waals surface area contributed by atoms with Crippen molar-refractivity contribution in [3.63, 3.8) is 0 Å². The fourth-order valence-electron chi connectivity index (χ4n) is 2.15. The van der Waals surface area contributed by atoms with Crippen molar-refractivity contribution in [2.24, 2.45) is 17.8 Å². The van der Waals surface area contributed by atoms with Gasteiger partial charge >= 0.3 is 11.9 Å². The monoisotopic (exact) mass is 216 g/mol. The lowest BCUT2D eigenvalue weighted by atomic mass is 9.74. The van der Waals surface area contributed by atoms with E-state index in [-0.39, 0.29) is 24.4 Å². The van der Waals surface area contributed by atoms with Crippen LogP contribution in [0.1, 0.15) is 19.3 Å². The zero-order valence-electron chi connectivity index (χ0n) is 8.68. The van der Waals surface area contributed by atoms with Crippen LogP contribution in [0, 0.1) is 17.8 Å². The van der Waals surface area contributed by atoms with Crippen molar-refractivity contribution < 1.29 is 24.5 Å². The van der Waals surface area contributed by atoms with Crippen LogP contribution in [0.4, 0.5) is 0 Å². The predicted octanol–water partition coefficient (Wildman–Crippen LogP) is 0.269. The topological polar surface area (TPSA) is 83.8 Å². The summed E-state index contributed by atoms with van der Waals surface area (Å²) in [6.45, 7) is -0.163. The first-order valence-corrected chi connectivity index (χ1v) is 5.01. The van der Waals surface area contributed by atoms with Crippen molar-refractivity contribution in [3.05, 3.63) is 0 Å². The standard InChI is InChI=1S/C10H16O5/c1-15-10(14)8-3-2-6(9(12)13)4-7(8)5-11/h6-8,11H,2-5H2,1H3,(H,12,13). The fraction of sp³-hybridized carbons (Fsp3) is 0.800. The first-order chi connectivity index (χ1) is 7.10. The summed E-state index contributed by atoms with van der Waals surface area (Å²) < 4.78 is 4.62. The first kappa shape index (κ1) is 12.0. The molecule has 0 bridgehead atoms. The van der Waals surface area contributed by atoms with Gasteiger partial charge in [-0.3, -0.25) is 9.59 Å². The second-order valence-electron chi connectivity index (χ2n) is 3.92. The summed E-state index contributed by atoms with van der Waals surface area (Å²) in [7, 11) is 1.31. The molecule has 0 spiro atoms. The molecule has 0 heterocycles. The van der Waals surface area contributed by atoms with E-state index in [1.165, 1.54) is 7.11 Å². The second-order valence-corrected chi connectivity index (χ2v) is 3.92. The Morgan fingerprint density at radius 3 is 2.53 bits per heavy atom. The number of hydrogen-bond acceptors (Lipinski definition) is 4. The smallest absolute Gasteiger partial charge is 0.309 e. The molecule has 1 fully saturated rings. The summed E-state index contributed by atoms with van der Waals surface area (Å²) in [6.07, 6.45) is 1.31. The first-order valence-electron chi connectivity index (χ1n) is 5.01. The van der Waals surface area contributed by atoms with Crippen LogP contribution in [0.2, 0.25) is 0 Å². The van der Waals surface area contributed by atoms with Crippen molar-refractivity contribution in [1.29, 1.82) is 0 Å². The number of aliphatic hydroxyl groups is 1. The number of rotatable bonds is 3. The van der Waals surface area contributed by atoms with Gasteiger partial charge in [0.05, 0.1) is 18.9 Å². The number of aliphatic hydroxyl groups excluding tert-OH is 1. The van der Waals surface area contributed by atoms with E-state index in [2.05, 4.69) is 4.74 Å². The van der Waals surface area contributed by atoms with Crippen LogP contribution in [0.3, 0.4) is 0 Å². The van der Waals surface area contributed by atoms with Gasteiger partial charge in [0.15, 0.2) is 0 Å². The largest absolute Gasteiger partial charge is 0.481 e. The van der Waals surface area contributed by atoms with Gasteiger partial charge in [-0.25, -0.2) is 0 Å². The lowest BCUT2D eigenvalue weighted by Crippen LogP contribution is -2.35. The second kappa shape index (κ2) is 5.11. The molecule has 1 aliphatic carbocycles. The molecule has 0 aromatic carbocycles. The van der Waals surface area contributed by atoms with E-state index in [4.69, 9.17) is 10.2 Å². The van der Waals surface area contributed by atoms with Crippen LogP contribution in [0.25, 0.3) is 0 Å². The summed E-state index contributed by atoms with van der Waals surface area (Å²) in [6, 6.07) is 0. The molecule has 0 aromatic heterocycles. The number of esters is 1. The molecule has 0 aromatic rings. The fourth-order valence-corrected chi connectivity index (χ4v) is 2.15. The summed E-state index contributed by atoms with van der Waals surface area (Å²) in [4.78, 5) is 22.1. The zero-order chi connectivity index (χ0) is 11.4. The van der Waals surface area contributed by atoms with E-state index in [9.17, 15) is 9.59 Å². The third-order valence-electron chi connectivity index (χ3n) is 3.07. The molecule has 2 N–H and O–H groups in total. The Morgan fingerprint density at radius 1 is 1.40 bits per heavy atom. The Kier molecular flexibility index (Phi) is 4.08. The van der Waals surface area contributed by atoms with Gasteiger partial charge in [0, 0.05) is 6.61 Å². The average Bonchev–Trinajstić information content (AvgIpc) is 2.27. The predicted molar refractivity (Wildman–Crippen MR) is 51.1 cm³/mol. The average molecular weight is 216 g/mol. The molecule has 1 saturated carbocycles. The van der Waals surface area contributed by atoms with Gasteiger partial charge in [-0.1, -0.05) is 0 Å². The van der Waals surface area contributed by atoms with Crippen LogP contribution < -0.4 is 0 Å². The lowest BCUT2D eigenvalue weighted by Gasteiger charge is -2.31. The molecule has 3 unspecified atom stereocenters. The summed E-state index contributed by atoms with van der Waals surface area (Å²) >= 11 is 0. The molecule has 5 nitrogen and oxygen atoms in total. The highest BCUT2D eigenvalue weighted by Crippen LogP contribution is 2.34. The summed E-state index contributed by atoms with van der Waals surface area (Å²) in [5.41, 5.74) is 0.